The molecule has 0 unspecified atom stereocenters. The molecule has 1 aliphatic heterocycles. The van der Waals surface area contributed by atoms with Gasteiger partial charge in [-0.2, -0.15) is 5.10 Å². The zero-order chi connectivity index (χ0) is 21.4. The lowest BCUT2D eigenvalue weighted by atomic mass is 10.0. The number of thiazole rings is 1. The first kappa shape index (κ1) is 22.9. The second kappa shape index (κ2) is 9.70. The lowest BCUT2D eigenvalue weighted by molar-refractivity contribution is 0.102. The highest BCUT2D eigenvalue weighted by Crippen LogP contribution is 2.45. The molecular formula is C23H26ClN5OS2. The number of hydrogen-bond acceptors (Lipinski definition) is 6. The summed E-state index contributed by atoms with van der Waals surface area (Å²) in [5.41, 5.74) is 3.88. The fourth-order valence-corrected chi connectivity index (χ4v) is 6.48. The van der Waals surface area contributed by atoms with Gasteiger partial charge in [-0.05, 0) is 50.1 Å². The SMILES string of the molecule is CCCN1CCc2c(sc(NC(=O)c3ccn(CC)n3)c2-c2nc3ccccc3s2)C1.Cl. The summed E-state index contributed by atoms with van der Waals surface area (Å²) in [7, 11) is 0. The first-order chi connectivity index (χ1) is 15.2. The van der Waals surface area contributed by atoms with E-state index < -0.39 is 0 Å². The van der Waals surface area contributed by atoms with E-state index in [2.05, 4.69) is 28.3 Å². The van der Waals surface area contributed by atoms with Gasteiger partial charge in [0.2, 0.25) is 0 Å². The molecule has 4 aromatic rings. The molecule has 1 amide bonds. The van der Waals surface area contributed by atoms with Crippen LogP contribution < -0.4 is 5.32 Å². The van der Waals surface area contributed by atoms with Gasteiger partial charge >= 0.3 is 0 Å². The molecule has 3 aromatic heterocycles. The molecule has 0 saturated carbocycles. The molecule has 32 heavy (non-hydrogen) atoms. The van der Waals surface area contributed by atoms with Gasteiger partial charge in [-0.25, -0.2) is 4.98 Å². The smallest absolute Gasteiger partial charge is 0.276 e. The number of rotatable bonds is 6. The van der Waals surface area contributed by atoms with Gasteiger partial charge in [0, 0.05) is 36.3 Å². The van der Waals surface area contributed by atoms with Crippen LogP contribution in [0.3, 0.4) is 0 Å². The minimum Gasteiger partial charge on any atom is -0.312 e. The molecule has 0 aliphatic carbocycles. The van der Waals surface area contributed by atoms with Crippen LogP contribution in [-0.4, -0.2) is 38.7 Å². The fraction of sp³-hybridized carbons (Fsp3) is 0.348. The van der Waals surface area contributed by atoms with Crippen molar-refractivity contribution in [3.63, 3.8) is 0 Å². The van der Waals surface area contributed by atoms with E-state index in [9.17, 15) is 4.79 Å². The zero-order valence-electron chi connectivity index (χ0n) is 18.1. The number of nitrogens with one attached hydrogen (secondary N) is 1. The Balaban J connectivity index is 0.00000245. The van der Waals surface area contributed by atoms with Crippen LogP contribution in [0.5, 0.6) is 0 Å². The summed E-state index contributed by atoms with van der Waals surface area (Å²) in [6.45, 7) is 8.05. The zero-order valence-corrected chi connectivity index (χ0v) is 20.6. The molecule has 6 nitrogen and oxygen atoms in total. The molecule has 1 N–H and O–H groups in total. The summed E-state index contributed by atoms with van der Waals surface area (Å²) in [5, 5.41) is 9.40. The van der Waals surface area contributed by atoms with E-state index in [0.29, 0.717) is 5.69 Å². The number of para-hydroxylation sites is 1. The number of benzene rings is 1. The quantitative estimate of drug-likeness (QED) is 0.380. The van der Waals surface area contributed by atoms with Crippen LogP contribution in [0.4, 0.5) is 5.00 Å². The highest BCUT2D eigenvalue weighted by molar-refractivity contribution is 7.23. The number of halogens is 1. The van der Waals surface area contributed by atoms with E-state index >= 15 is 0 Å². The minimum atomic E-state index is -0.168. The number of amides is 1. The number of aryl methyl sites for hydroxylation is 1. The van der Waals surface area contributed by atoms with Crippen molar-refractivity contribution in [1.82, 2.24) is 19.7 Å². The predicted octanol–water partition coefficient (Wildman–Crippen LogP) is 5.68. The van der Waals surface area contributed by atoms with Crippen LogP contribution in [0.1, 0.15) is 41.2 Å². The van der Waals surface area contributed by atoms with Gasteiger partial charge in [-0.15, -0.1) is 35.1 Å². The number of anilines is 1. The molecule has 168 valence electrons. The van der Waals surface area contributed by atoms with Gasteiger partial charge in [0.15, 0.2) is 5.69 Å². The third-order valence-corrected chi connectivity index (χ3v) is 7.79. The molecule has 0 bridgehead atoms. The summed E-state index contributed by atoms with van der Waals surface area (Å²) < 4.78 is 2.94. The van der Waals surface area contributed by atoms with Crippen molar-refractivity contribution >= 4 is 56.2 Å². The molecule has 9 heteroatoms. The van der Waals surface area contributed by atoms with Crippen LogP contribution in [0.15, 0.2) is 36.5 Å². The first-order valence-electron chi connectivity index (χ1n) is 10.7. The minimum absolute atomic E-state index is 0. The average Bonchev–Trinajstić information content (AvgIpc) is 3.49. The standard InChI is InChI=1S/C23H25N5OS2.ClH/c1-3-11-27-12-9-15-19(14-27)31-23(25-21(29)17-10-13-28(4-2)26-17)20(15)22-24-16-7-5-6-8-18(16)30-22;/h5-8,10,13H,3-4,9,11-12,14H2,1-2H3,(H,25,29);1H. The van der Waals surface area contributed by atoms with Crippen LogP contribution in [0, 0.1) is 0 Å². The van der Waals surface area contributed by atoms with Crippen molar-refractivity contribution in [3.05, 3.63) is 52.7 Å². The topological polar surface area (TPSA) is 63.1 Å². The predicted molar refractivity (Wildman–Crippen MR) is 135 cm³/mol. The van der Waals surface area contributed by atoms with Gasteiger partial charge in [-0.1, -0.05) is 19.1 Å². The molecule has 0 spiro atoms. The van der Waals surface area contributed by atoms with E-state index in [1.807, 2.05) is 31.3 Å². The van der Waals surface area contributed by atoms with Gasteiger partial charge in [0.1, 0.15) is 10.0 Å². The van der Waals surface area contributed by atoms with Gasteiger partial charge in [0.25, 0.3) is 5.91 Å². The Hall–Kier alpha value is -2.26. The largest absolute Gasteiger partial charge is 0.312 e. The average molecular weight is 488 g/mol. The molecule has 0 radical (unpaired) electrons. The second-order valence-corrected chi connectivity index (χ2v) is 9.87. The Kier molecular flexibility index (Phi) is 6.95. The highest BCUT2D eigenvalue weighted by atomic mass is 35.5. The lowest BCUT2D eigenvalue weighted by Gasteiger charge is -2.26. The first-order valence-corrected chi connectivity index (χ1v) is 12.4. The molecule has 0 saturated heterocycles. The number of fused-ring (bicyclic) bond motifs is 2. The van der Waals surface area contributed by atoms with Gasteiger partial charge in [0.05, 0.1) is 10.2 Å². The van der Waals surface area contributed by atoms with E-state index in [1.165, 1.54) is 15.1 Å². The van der Waals surface area contributed by atoms with Crippen molar-refractivity contribution < 1.29 is 4.79 Å². The molecule has 1 aromatic carbocycles. The number of carbonyl (C=O) groups excluding carboxylic acids is 1. The number of hydrogen-bond donors (Lipinski definition) is 1. The molecule has 0 atom stereocenters. The maximum Gasteiger partial charge on any atom is 0.276 e. The second-order valence-electron chi connectivity index (χ2n) is 7.73. The van der Waals surface area contributed by atoms with Crippen molar-refractivity contribution in [1.29, 1.82) is 0 Å². The molecule has 1 aliphatic rings. The maximum atomic E-state index is 13.0. The fourth-order valence-electron chi connectivity index (χ4n) is 4.08. The Labute approximate surface area is 201 Å². The van der Waals surface area contributed by atoms with E-state index in [0.717, 1.165) is 60.1 Å². The number of aromatic nitrogens is 3. The Morgan fingerprint density at radius 2 is 2.03 bits per heavy atom. The van der Waals surface area contributed by atoms with Crippen molar-refractivity contribution in [3.8, 4) is 10.6 Å². The Morgan fingerprint density at radius 3 is 2.78 bits per heavy atom. The number of carbonyl (C=O) groups is 1. The monoisotopic (exact) mass is 487 g/mol. The van der Waals surface area contributed by atoms with Crippen LogP contribution in [0.25, 0.3) is 20.8 Å². The summed E-state index contributed by atoms with van der Waals surface area (Å²) in [4.78, 5) is 21.7. The molecular weight excluding hydrogens is 462 g/mol. The van der Waals surface area contributed by atoms with E-state index in [1.54, 1.807) is 33.4 Å². The number of nitrogens with zero attached hydrogens (tertiary/aromatic N) is 4. The third kappa shape index (κ3) is 4.32. The molecule has 5 rings (SSSR count). The summed E-state index contributed by atoms with van der Waals surface area (Å²) >= 11 is 3.38. The Morgan fingerprint density at radius 1 is 1.19 bits per heavy atom. The summed E-state index contributed by atoms with van der Waals surface area (Å²) in [5.74, 6) is -0.168. The Bertz CT molecular complexity index is 1210. The van der Waals surface area contributed by atoms with Gasteiger partial charge < -0.3 is 5.32 Å². The summed E-state index contributed by atoms with van der Waals surface area (Å²) in [6, 6.07) is 9.99. The van der Waals surface area contributed by atoms with E-state index in [4.69, 9.17) is 4.98 Å². The van der Waals surface area contributed by atoms with Crippen LogP contribution >= 0.6 is 35.1 Å². The number of thiophene rings is 1. The normalized spacial score (nSPS) is 13.7. The van der Waals surface area contributed by atoms with Gasteiger partial charge in [-0.3, -0.25) is 14.4 Å². The van der Waals surface area contributed by atoms with Crippen molar-refractivity contribution in [2.45, 2.75) is 39.8 Å². The van der Waals surface area contributed by atoms with Crippen molar-refractivity contribution in [2.75, 3.05) is 18.4 Å². The van der Waals surface area contributed by atoms with Crippen LogP contribution in [-0.2, 0) is 19.5 Å². The molecule has 0 fully saturated rings. The lowest BCUT2D eigenvalue weighted by Crippen LogP contribution is -2.30. The van der Waals surface area contributed by atoms with Crippen molar-refractivity contribution in [2.24, 2.45) is 0 Å². The molecule has 4 heterocycles. The third-order valence-electron chi connectivity index (χ3n) is 5.61. The highest BCUT2D eigenvalue weighted by Gasteiger charge is 2.28. The summed E-state index contributed by atoms with van der Waals surface area (Å²) in [6.07, 6.45) is 3.97. The van der Waals surface area contributed by atoms with Crippen LogP contribution in [0.2, 0.25) is 0 Å². The van der Waals surface area contributed by atoms with E-state index in [-0.39, 0.29) is 18.3 Å². The maximum absolute atomic E-state index is 13.0.